The molecule has 0 fully saturated rings. The Hall–Kier alpha value is -3.48. The van der Waals surface area contributed by atoms with E-state index in [1.165, 1.54) is 36.4 Å². The molecule has 0 unspecified atom stereocenters. The van der Waals surface area contributed by atoms with Crippen LogP contribution in [0, 0.1) is 5.82 Å². The Balaban J connectivity index is 1.81. The van der Waals surface area contributed by atoms with Crippen LogP contribution < -0.4 is 4.90 Å². The zero-order valence-electron chi connectivity index (χ0n) is 15.1. The summed E-state index contributed by atoms with van der Waals surface area (Å²) in [7, 11) is 0. The average Bonchev–Trinajstić information content (AvgIpc) is 2.92. The fraction of sp³-hybridized carbons (Fsp3) is 0.190. The highest BCUT2D eigenvalue weighted by molar-refractivity contribution is 6.44. The maximum atomic E-state index is 13.1. The minimum Gasteiger partial charge on any atom is -0.502 e. The van der Waals surface area contributed by atoms with Crippen molar-refractivity contribution in [3.05, 3.63) is 71.2 Å². The van der Waals surface area contributed by atoms with Gasteiger partial charge in [-0.1, -0.05) is 25.5 Å². The number of ether oxygens (including phenoxy) is 1. The lowest BCUT2D eigenvalue weighted by molar-refractivity contribution is -0.121. The minimum atomic E-state index is -0.886. The first kappa shape index (κ1) is 19.3. The van der Waals surface area contributed by atoms with Gasteiger partial charge in [0.2, 0.25) is 0 Å². The molecule has 0 atom stereocenters. The smallest absolute Gasteiger partial charge is 0.338 e. The van der Waals surface area contributed by atoms with Gasteiger partial charge in [0, 0.05) is 0 Å². The van der Waals surface area contributed by atoms with Gasteiger partial charge in [0.1, 0.15) is 5.82 Å². The zero-order chi connectivity index (χ0) is 20.3. The average molecular weight is 383 g/mol. The second-order valence-electron chi connectivity index (χ2n) is 6.21. The highest BCUT2D eigenvalue weighted by Crippen LogP contribution is 2.32. The zero-order valence-corrected chi connectivity index (χ0v) is 15.1. The third-order valence-corrected chi connectivity index (χ3v) is 4.28. The van der Waals surface area contributed by atoms with Gasteiger partial charge in [-0.3, -0.25) is 9.59 Å². The van der Waals surface area contributed by atoms with E-state index in [1.54, 1.807) is 0 Å². The SMILES string of the molecule is CCCCOC(=O)c1ccc(N2C(=O)C(O)=C(c3ccc(F)cc3)C2=O)cc1. The molecule has 0 radical (unpaired) electrons. The van der Waals surface area contributed by atoms with Crippen LogP contribution in [0.1, 0.15) is 35.7 Å². The van der Waals surface area contributed by atoms with E-state index in [2.05, 4.69) is 0 Å². The summed E-state index contributed by atoms with van der Waals surface area (Å²) in [5.74, 6) is -3.32. The van der Waals surface area contributed by atoms with Crippen LogP contribution in [0.3, 0.4) is 0 Å². The summed E-state index contributed by atoms with van der Waals surface area (Å²) in [5, 5.41) is 10.1. The molecule has 0 aliphatic carbocycles. The Morgan fingerprint density at radius 1 is 1.04 bits per heavy atom. The van der Waals surface area contributed by atoms with Crippen molar-refractivity contribution < 1.29 is 28.6 Å². The number of benzene rings is 2. The topological polar surface area (TPSA) is 83.9 Å². The fourth-order valence-corrected chi connectivity index (χ4v) is 2.77. The number of amides is 2. The molecule has 2 aromatic carbocycles. The molecule has 7 heteroatoms. The van der Waals surface area contributed by atoms with Gasteiger partial charge in [0.05, 0.1) is 23.4 Å². The fourth-order valence-electron chi connectivity index (χ4n) is 2.77. The quantitative estimate of drug-likeness (QED) is 0.468. The van der Waals surface area contributed by atoms with Crippen LogP contribution in [-0.4, -0.2) is 29.5 Å². The largest absolute Gasteiger partial charge is 0.502 e. The lowest BCUT2D eigenvalue weighted by Crippen LogP contribution is -2.31. The molecule has 0 bridgehead atoms. The summed E-state index contributed by atoms with van der Waals surface area (Å²) >= 11 is 0. The Morgan fingerprint density at radius 3 is 2.29 bits per heavy atom. The number of hydrogen-bond donors (Lipinski definition) is 1. The number of rotatable bonds is 6. The molecule has 1 heterocycles. The van der Waals surface area contributed by atoms with Gasteiger partial charge in [0.25, 0.3) is 5.91 Å². The van der Waals surface area contributed by atoms with Crippen molar-refractivity contribution in [3.8, 4) is 0 Å². The molecule has 2 aromatic rings. The van der Waals surface area contributed by atoms with Crippen LogP contribution in [0.5, 0.6) is 0 Å². The molecular weight excluding hydrogens is 365 g/mol. The molecule has 1 aliphatic rings. The predicted molar refractivity (Wildman–Crippen MR) is 100 cm³/mol. The number of hydrogen-bond acceptors (Lipinski definition) is 5. The number of carbonyl (C=O) groups is 3. The molecule has 0 saturated carbocycles. The number of imide groups is 1. The first-order chi connectivity index (χ1) is 13.4. The Bertz CT molecular complexity index is 948. The van der Waals surface area contributed by atoms with Crippen molar-refractivity contribution in [3.63, 3.8) is 0 Å². The molecule has 3 rings (SSSR count). The van der Waals surface area contributed by atoms with Crippen LogP contribution in [0.15, 0.2) is 54.3 Å². The molecule has 6 nitrogen and oxygen atoms in total. The molecule has 0 saturated heterocycles. The lowest BCUT2D eigenvalue weighted by Gasteiger charge is -2.15. The summed E-state index contributed by atoms with van der Waals surface area (Å²) in [5.41, 5.74) is 0.516. The van der Waals surface area contributed by atoms with Gasteiger partial charge in [0.15, 0.2) is 5.76 Å². The van der Waals surface area contributed by atoms with E-state index in [-0.39, 0.29) is 22.4 Å². The summed E-state index contributed by atoms with van der Waals surface area (Å²) in [6, 6.07) is 10.6. The molecule has 1 N–H and O–H groups in total. The van der Waals surface area contributed by atoms with Gasteiger partial charge in [-0.25, -0.2) is 14.1 Å². The van der Waals surface area contributed by atoms with E-state index in [0.29, 0.717) is 6.61 Å². The molecular formula is C21H18FNO5. The van der Waals surface area contributed by atoms with Crippen LogP contribution in [-0.2, 0) is 14.3 Å². The molecule has 28 heavy (non-hydrogen) atoms. The van der Waals surface area contributed by atoms with Crippen LogP contribution in [0.2, 0.25) is 0 Å². The number of anilines is 1. The minimum absolute atomic E-state index is 0.198. The highest BCUT2D eigenvalue weighted by atomic mass is 19.1. The van der Waals surface area contributed by atoms with Crippen LogP contribution >= 0.6 is 0 Å². The Kier molecular flexibility index (Phi) is 5.54. The van der Waals surface area contributed by atoms with Crippen LogP contribution in [0.4, 0.5) is 10.1 Å². The second kappa shape index (κ2) is 8.04. The summed E-state index contributed by atoms with van der Waals surface area (Å²) in [6.07, 6.45) is 1.66. The number of unbranched alkanes of at least 4 members (excludes halogenated alkanes) is 1. The van der Waals surface area contributed by atoms with E-state index in [4.69, 9.17) is 4.74 Å². The number of carbonyl (C=O) groups excluding carboxylic acids is 3. The van der Waals surface area contributed by atoms with Gasteiger partial charge in [-0.05, 0) is 48.4 Å². The van der Waals surface area contributed by atoms with Gasteiger partial charge in [-0.2, -0.15) is 0 Å². The number of nitrogens with zero attached hydrogens (tertiary/aromatic N) is 1. The lowest BCUT2D eigenvalue weighted by atomic mass is 10.1. The first-order valence-electron chi connectivity index (χ1n) is 8.79. The monoisotopic (exact) mass is 383 g/mol. The maximum absolute atomic E-state index is 13.1. The summed E-state index contributed by atoms with van der Waals surface area (Å²) in [4.78, 5) is 37.9. The summed E-state index contributed by atoms with van der Waals surface area (Å²) in [6.45, 7) is 2.30. The maximum Gasteiger partial charge on any atom is 0.338 e. The molecule has 0 aromatic heterocycles. The molecule has 2 amide bonds. The third kappa shape index (κ3) is 3.64. The first-order valence-corrected chi connectivity index (χ1v) is 8.79. The van der Waals surface area contributed by atoms with Gasteiger partial charge < -0.3 is 9.84 Å². The third-order valence-electron chi connectivity index (χ3n) is 4.28. The predicted octanol–water partition coefficient (Wildman–Crippen LogP) is 3.63. The molecule has 0 spiro atoms. The number of esters is 1. The van der Waals surface area contributed by atoms with Crippen molar-refractivity contribution in [1.29, 1.82) is 0 Å². The van der Waals surface area contributed by atoms with Crippen molar-refractivity contribution >= 4 is 29.0 Å². The second-order valence-corrected chi connectivity index (χ2v) is 6.21. The normalized spacial score (nSPS) is 14.0. The van der Waals surface area contributed by atoms with Crippen molar-refractivity contribution in [2.45, 2.75) is 19.8 Å². The Labute approximate surface area is 160 Å². The number of aliphatic hydroxyl groups excluding tert-OH is 1. The summed E-state index contributed by atoms with van der Waals surface area (Å²) < 4.78 is 18.2. The highest BCUT2D eigenvalue weighted by Gasteiger charge is 2.40. The van der Waals surface area contributed by atoms with E-state index in [9.17, 15) is 23.9 Å². The van der Waals surface area contributed by atoms with Gasteiger partial charge >= 0.3 is 11.9 Å². The standard InChI is InChI=1S/C21H18FNO5/c1-2-3-12-28-21(27)14-6-10-16(11-7-14)23-19(25)17(18(24)20(23)26)13-4-8-15(22)9-5-13/h4-11,24H,2-3,12H2,1H3. The van der Waals surface area contributed by atoms with E-state index < -0.39 is 29.4 Å². The van der Waals surface area contributed by atoms with Crippen molar-refractivity contribution in [1.82, 2.24) is 0 Å². The molecule has 1 aliphatic heterocycles. The van der Waals surface area contributed by atoms with Crippen LogP contribution in [0.25, 0.3) is 5.57 Å². The van der Waals surface area contributed by atoms with E-state index in [1.807, 2.05) is 6.92 Å². The van der Waals surface area contributed by atoms with Crippen molar-refractivity contribution in [2.75, 3.05) is 11.5 Å². The van der Waals surface area contributed by atoms with Gasteiger partial charge in [-0.15, -0.1) is 0 Å². The van der Waals surface area contributed by atoms with E-state index >= 15 is 0 Å². The van der Waals surface area contributed by atoms with E-state index in [0.717, 1.165) is 29.9 Å². The molecule has 144 valence electrons. The number of aliphatic hydroxyl groups is 1. The Morgan fingerprint density at radius 2 is 1.68 bits per heavy atom. The number of halogens is 1. The van der Waals surface area contributed by atoms with Crippen molar-refractivity contribution in [2.24, 2.45) is 0 Å².